The highest BCUT2D eigenvalue weighted by Crippen LogP contribution is 2.30. The van der Waals surface area contributed by atoms with Crippen LogP contribution < -0.4 is 5.32 Å². The first-order chi connectivity index (χ1) is 13.3. The highest BCUT2D eigenvalue weighted by Gasteiger charge is 2.24. The number of rotatable bonds is 6. The van der Waals surface area contributed by atoms with Crippen LogP contribution in [0, 0.1) is 12.7 Å². The lowest BCUT2D eigenvalue weighted by molar-refractivity contribution is -0.129. The van der Waals surface area contributed by atoms with Gasteiger partial charge in [-0.05, 0) is 49.9 Å². The summed E-state index contributed by atoms with van der Waals surface area (Å²) in [6.07, 6.45) is -0.971. The van der Waals surface area contributed by atoms with Gasteiger partial charge >= 0.3 is 5.97 Å². The Morgan fingerprint density at radius 2 is 1.89 bits per heavy atom. The van der Waals surface area contributed by atoms with Crippen molar-refractivity contribution in [2.45, 2.75) is 32.9 Å². The molecule has 1 N–H and O–H groups in total. The summed E-state index contributed by atoms with van der Waals surface area (Å²) in [5.41, 5.74) is 2.28. The van der Waals surface area contributed by atoms with E-state index in [0.717, 1.165) is 16.1 Å². The van der Waals surface area contributed by atoms with Crippen molar-refractivity contribution in [2.24, 2.45) is 0 Å². The van der Waals surface area contributed by atoms with E-state index in [4.69, 9.17) is 4.74 Å². The first kappa shape index (κ1) is 20.2. The first-order valence-corrected chi connectivity index (χ1v) is 10.4. The maximum Gasteiger partial charge on any atom is 0.351 e. The van der Waals surface area contributed by atoms with Gasteiger partial charge in [-0.1, -0.05) is 12.1 Å². The number of halogens is 1. The summed E-state index contributed by atoms with van der Waals surface area (Å²) >= 11 is 2.80. The number of aromatic nitrogens is 1. The lowest BCUT2D eigenvalue weighted by Crippen LogP contribution is -2.37. The van der Waals surface area contributed by atoms with Crippen molar-refractivity contribution in [2.75, 3.05) is 0 Å². The van der Waals surface area contributed by atoms with Crippen LogP contribution in [0.1, 0.15) is 40.8 Å². The molecule has 0 aliphatic rings. The van der Waals surface area contributed by atoms with Crippen LogP contribution in [0.5, 0.6) is 0 Å². The molecule has 2 unspecified atom stereocenters. The molecule has 5 nitrogen and oxygen atoms in total. The number of hydrogen-bond acceptors (Lipinski definition) is 6. The van der Waals surface area contributed by atoms with Crippen LogP contribution >= 0.6 is 22.7 Å². The molecule has 146 valence electrons. The summed E-state index contributed by atoms with van der Waals surface area (Å²) in [6.45, 7) is 5.03. The number of nitrogens with zero attached hydrogens (tertiary/aromatic N) is 1. The monoisotopic (exact) mass is 418 g/mol. The van der Waals surface area contributed by atoms with Gasteiger partial charge in [-0.25, -0.2) is 14.2 Å². The molecule has 3 rings (SSSR count). The van der Waals surface area contributed by atoms with E-state index in [1.165, 1.54) is 30.4 Å². The minimum atomic E-state index is -0.971. The van der Waals surface area contributed by atoms with Crippen LogP contribution in [0.4, 0.5) is 4.39 Å². The number of benzene rings is 1. The lowest BCUT2D eigenvalue weighted by atomic mass is 10.1. The second kappa shape index (κ2) is 8.62. The minimum Gasteiger partial charge on any atom is -0.448 e. The fourth-order valence-corrected chi connectivity index (χ4v) is 4.19. The Balaban J connectivity index is 1.62. The number of amides is 1. The van der Waals surface area contributed by atoms with Crippen molar-refractivity contribution in [1.82, 2.24) is 10.3 Å². The summed E-state index contributed by atoms with van der Waals surface area (Å²) in [5.74, 6) is -1.34. The van der Waals surface area contributed by atoms with Gasteiger partial charge in [-0.3, -0.25) is 4.79 Å². The number of carbonyl (C=O) groups excluding carboxylic acids is 2. The number of carbonyl (C=O) groups is 2. The second-order valence-corrected chi connectivity index (χ2v) is 8.05. The average molecular weight is 419 g/mol. The Kier molecular flexibility index (Phi) is 6.21. The number of hydrogen-bond donors (Lipinski definition) is 1. The third-order valence-corrected chi connectivity index (χ3v) is 6.00. The van der Waals surface area contributed by atoms with Gasteiger partial charge in [0.1, 0.15) is 15.7 Å². The number of aryl methyl sites for hydroxylation is 1. The minimum absolute atomic E-state index is 0.341. The lowest BCUT2D eigenvalue weighted by Gasteiger charge is -2.18. The molecule has 0 aliphatic carbocycles. The molecule has 1 amide bonds. The van der Waals surface area contributed by atoms with Gasteiger partial charge in [-0.15, -0.1) is 11.3 Å². The predicted molar refractivity (Wildman–Crippen MR) is 108 cm³/mol. The Morgan fingerprint density at radius 1 is 1.18 bits per heavy atom. The number of nitrogens with one attached hydrogen (secondary N) is 1. The first-order valence-electron chi connectivity index (χ1n) is 8.62. The molecule has 28 heavy (non-hydrogen) atoms. The second-order valence-electron chi connectivity index (χ2n) is 6.27. The number of ether oxygens (including phenoxy) is 1. The average Bonchev–Trinajstić information content (AvgIpc) is 3.31. The van der Waals surface area contributed by atoms with Gasteiger partial charge in [0.25, 0.3) is 5.91 Å². The number of esters is 1. The van der Waals surface area contributed by atoms with Crippen LogP contribution in [0.3, 0.4) is 0 Å². The molecular weight excluding hydrogens is 399 g/mol. The van der Waals surface area contributed by atoms with Gasteiger partial charge in [0.05, 0.1) is 11.7 Å². The van der Waals surface area contributed by atoms with Gasteiger partial charge in [0.2, 0.25) is 0 Å². The van der Waals surface area contributed by atoms with Crippen molar-refractivity contribution in [3.05, 3.63) is 63.0 Å². The third kappa shape index (κ3) is 4.63. The Hall–Kier alpha value is -2.58. The van der Waals surface area contributed by atoms with Crippen molar-refractivity contribution in [3.8, 4) is 10.6 Å². The predicted octanol–water partition coefficient (Wildman–Crippen LogP) is 4.74. The van der Waals surface area contributed by atoms with Crippen molar-refractivity contribution >= 4 is 34.6 Å². The van der Waals surface area contributed by atoms with Gasteiger partial charge in [0, 0.05) is 10.9 Å². The molecule has 8 heteroatoms. The molecule has 0 saturated heterocycles. The zero-order chi connectivity index (χ0) is 20.3. The smallest absolute Gasteiger partial charge is 0.351 e. The molecule has 0 spiro atoms. The summed E-state index contributed by atoms with van der Waals surface area (Å²) in [4.78, 5) is 29.6. The van der Waals surface area contributed by atoms with E-state index in [1.807, 2.05) is 16.8 Å². The molecule has 0 saturated carbocycles. The summed E-state index contributed by atoms with van der Waals surface area (Å²) in [5, 5.41) is 7.41. The van der Waals surface area contributed by atoms with Crippen molar-refractivity contribution in [1.29, 1.82) is 0 Å². The Labute approximate surface area is 170 Å². The molecule has 1 aromatic carbocycles. The Morgan fingerprint density at radius 3 is 2.54 bits per heavy atom. The SMILES string of the molecule is Cc1nc(-c2ccsc2)sc1C(=O)OC(C)C(=O)NC(C)c1ccc(F)cc1. The van der Waals surface area contributed by atoms with E-state index in [-0.39, 0.29) is 11.9 Å². The molecule has 2 aromatic heterocycles. The molecule has 0 aliphatic heterocycles. The summed E-state index contributed by atoms with van der Waals surface area (Å²) < 4.78 is 18.3. The van der Waals surface area contributed by atoms with E-state index in [1.54, 1.807) is 37.3 Å². The van der Waals surface area contributed by atoms with E-state index in [9.17, 15) is 14.0 Å². The fraction of sp³-hybridized carbons (Fsp3) is 0.250. The summed E-state index contributed by atoms with van der Waals surface area (Å²) in [7, 11) is 0. The molecule has 0 radical (unpaired) electrons. The van der Waals surface area contributed by atoms with Crippen LogP contribution in [-0.2, 0) is 9.53 Å². The zero-order valence-corrected chi connectivity index (χ0v) is 17.2. The van der Waals surface area contributed by atoms with Gasteiger partial charge in [-0.2, -0.15) is 11.3 Å². The van der Waals surface area contributed by atoms with Crippen molar-refractivity contribution in [3.63, 3.8) is 0 Å². The van der Waals surface area contributed by atoms with E-state index in [0.29, 0.717) is 10.6 Å². The van der Waals surface area contributed by atoms with Crippen LogP contribution in [0.25, 0.3) is 10.6 Å². The molecule has 0 fully saturated rings. The zero-order valence-electron chi connectivity index (χ0n) is 15.6. The van der Waals surface area contributed by atoms with E-state index >= 15 is 0 Å². The number of thiophene rings is 1. The highest BCUT2D eigenvalue weighted by molar-refractivity contribution is 7.17. The normalized spacial score (nSPS) is 13.0. The standard InChI is InChI=1S/C20H19FN2O3S2/c1-11(14-4-6-16(21)7-5-14)22-18(24)13(3)26-20(25)17-12(2)23-19(28-17)15-8-9-27-10-15/h4-11,13H,1-3H3,(H,22,24). The van der Waals surface area contributed by atoms with Crippen LogP contribution in [0.15, 0.2) is 41.1 Å². The third-order valence-electron chi connectivity index (χ3n) is 4.13. The fourth-order valence-electron chi connectivity index (χ4n) is 2.53. The van der Waals surface area contributed by atoms with Crippen LogP contribution in [0.2, 0.25) is 0 Å². The molecule has 3 aromatic rings. The molecular formula is C20H19FN2O3S2. The summed E-state index contributed by atoms with van der Waals surface area (Å²) in [6, 6.07) is 7.46. The maximum atomic E-state index is 13.0. The molecule has 2 atom stereocenters. The topological polar surface area (TPSA) is 68.3 Å². The van der Waals surface area contributed by atoms with E-state index in [2.05, 4.69) is 10.3 Å². The molecule has 2 heterocycles. The maximum absolute atomic E-state index is 13.0. The number of thiazole rings is 1. The quantitative estimate of drug-likeness (QED) is 0.587. The van der Waals surface area contributed by atoms with Gasteiger partial charge < -0.3 is 10.1 Å². The van der Waals surface area contributed by atoms with E-state index < -0.39 is 18.0 Å². The highest BCUT2D eigenvalue weighted by atomic mass is 32.1. The molecule has 0 bridgehead atoms. The van der Waals surface area contributed by atoms with Crippen LogP contribution in [-0.4, -0.2) is 23.0 Å². The van der Waals surface area contributed by atoms with Crippen molar-refractivity contribution < 1.29 is 18.7 Å². The van der Waals surface area contributed by atoms with Gasteiger partial charge in [0.15, 0.2) is 6.10 Å². The Bertz CT molecular complexity index is 968. The largest absolute Gasteiger partial charge is 0.448 e.